The Bertz CT molecular complexity index is 589. The summed E-state index contributed by atoms with van der Waals surface area (Å²) in [5.41, 5.74) is 4.48. The third-order valence-corrected chi connectivity index (χ3v) is 3.83. The highest BCUT2D eigenvalue weighted by Gasteiger charge is 2.17. The third-order valence-electron chi connectivity index (χ3n) is 3.83. The van der Waals surface area contributed by atoms with Crippen LogP contribution in [0.5, 0.6) is 0 Å². The molecule has 1 atom stereocenters. The summed E-state index contributed by atoms with van der Waals surface area (Å²) < 4.78 is 15.3. The van der Waals surface area contributed by atoms with Crippen molar-refractivity contribution < 1.29 is 4.39 Å². The van der Waals surface area contributed by atoms with E-state index in [9.17, 15) is 4.39 Å². The molecule has 0 spiro atoms. The van der Waals surface area contributed by atoms with Gasteiger partial charge in [0.25, 0.3) is 0 Å². The monoisotopic (exact) mass is 275 g/mol. The van der Waals surface area contributed by atoms with Crippen LogP contribution in [0.25, 0.3) is 0 Å². The van der Waals surface area contributed by atoms with E-state index in [0.29, 0.717) is 0 Å². The number of aryl methyl sites for hydroxylation is 2. The van der Waals surface area contributed by atoms with Crippen LogP contribution in [0.15, 0.2) is 24.4 Å². The first kappa shape index (κ1) is 14.7. The van der Waals surface area contributed by atoms with Gasteiger partial charge in [-0.3, -0.25) is 4.68 Å². The molecule has 0 aliphatic heterocycles. The summed E-state index contributed by atoms with van der Waals surface area (Å²) in [6.07, 6.45) is 2.67. The number of nitrogens with zero attached hydrogens (tertiary/aromatic N) is 2. The lowest BCUT2D eigenvalue weighted by Crippen LogP contribution is -2.23. The van der Waals surface area contributed by atoms with Gasteiger partial charge in [-0.05, 0) is 50.1 Å². The Balaban J connectivity index is 2.30. The van der Waals surface area contributed by atoms with Crippen molar-refractivity contribution in [1.82, 2.24) is 15.1 Å². The van der Waals surface area contributed by atoms with Crippen LogP contribution in [-0.2, 0) is 13.5 Å². The lowest BCUT2D eigenvalue weighted by Gasteiger charge is -2.19. The van der Waals surface area contributed by atoms with E-state index in [1.807, 2.05) is 30.9 Å². The van der Waals surface area contributed by atoms with Gasteiger partial charge in [0.15, 0.2) is 0 Å². The SMILES string of the molecule is CCNC(Cc1cc(F)ccc1C)c1cnn(C)c1C. The Labute approximate surface area is 119 Å². The third kappa shape index (κ3) is 3.07. The zero-order valence-corrected chi connectivity index (χ0v) is 12.6. The van der Waals surface area contributed by atoms with E-state index >= 15 is 0 Å². The predicted octanol–water partition coefficient (Wildman–Crippen LogP) is 3.07. The van der Waals surface area contributed by atoms with Crippen molar-refractivity contribution in [3.8, 4) is 0 Å². The van der Waals surface area contributed by atoms with Crippen LogP contribution in [-0.4, -0.2) is 16.3 Å². The van der Waals surface area contributed by atoms with E-state index in [4.69, 9.17) is 0 Å². The van der Waals surface area contributed by atoms with Crippen LogP contribution in [0.1, 0.15) is 35.3 Å². The van der Waals surface area contributed by atoms with Gasteiger partial charge in [-0.1, -0.05) is 13.0 Å². The number of aromatic nitrogens is 2. The van der Waals surface area contributed by atoms with Gasteiger partial charge in [-0.15, -0.1) is 0 Å². The molecule has 0 aliphatic rings. The molecule has 4 heteroatoms. The molecule has 1 unspecified atom stereocenters. The maximum absolute atomic E-state index is 13.4. The molecule has 0 fully saturated rings. The smallest absolute Gasteiger partial charge is 0.123 e. The Morgan fingerprint density at radius 2 is 2.10 bits per heavy atom. The topological polar surface area (TPSA) is 29.9 Å². The molecule has 108 valence electrons. The molecule has 0 saturated carbocycles. The molecule has 0 saturated heterocycles. The van der Waals surface area contributed by atoms with E-state index in [-0.39, 0.29) is 11.9 Å². The first-order valence-electron chi connectivity index (χ1n) is 6.99. The second kappa shape index (κ2) is 6.18. The standard InChI is InChI=1S/C16H22FN3/c1-5-18-16(15-10-19-20(4)12(15)3)9-13-8-14(17)7-6-11(13)2/h6-8,10,16,18H,5,9H2,1-4H3. The van der Waals surface area contributed by atoms with Crippen molar-refractivity contribution in [3.05, 3.63) is 52.6 Å². The van der Waals surface area contributed by atoms with E-state index in [0.717, 1.165) is 29.8 Å². The van der Waals surface area contributed by atoms with E-state index in [2.05, 4.69) is 24.3 Å². The van der Waals surface area contributed by atoms with Gasteiger partial charge < -0.3 is 5.32 Å². The number of hydrogen-bond donors (Lipinski definition) is 1. The van der Waals surface area contributed by atoms with Gasteiger partial charge in [-0.25, -0.2) is 4.39 Å². The summed E-state index contributed by atoms with van der Waals surface area (Å²) in [5.74, 6) is -0.177. The minimum absolute atomic E-state index is 0.161. The molecule has 1 heterocycles. The minimum atomic E-state index is -0.177. The molecule has 0 radical (unpaired) electrons. The Hall–Kier alpha value is -1.68. The second-order valence-electron chi connectivity index (χ2n) is 5.19. The fourth-order valence-corrected chi connectivity index (χ4v) is 2.48. The number of likely N-dealkylation sites (N-methyl/N-ethyl adjacent to an activating group) is 1. The summed E-state index contributed by atoms with van der Waals surface area (Å²) in [6, 6.07) is 5.14. The number of nitrogens with one attached hydrogen (secondary N) is 1. The van der Waals surface area contributed by atoms with Gasteiger partial charge in [-0.2, -0.15) is 5.10 Å². The number of rotatable bonds is 5. The molecule has 3 nitrogen and oxygen atoms in total. The minimum Gasteiger partial charge on any atom is -0.310 e. The van der Waals surface area contributed by atoms with Crippen LogP contribution in [0.2, 0.25) is 0 Å². The van der Waals surface area contributed by atoms with Crippen LogP contribution >= 0.6 is 0 Å². The van der Waals surface area contributed by atoms with Crippen LogP contribution < -0.4 is 5.32 Å². The quantitative estimate of drug-likeness (QED) is 0.909. The van der Waals surface area contributed by atoms with Crippen LogP contribution in [0.4, 0.5) is 4.39 Å². The van der Waals surface area contributed by atoms with Crippen molar-refractivity contribution in [2.45, 2.75) is 33.2 Å². The molecule has 1 aromatic carbocycles. The number of hydrogen-bond acceptors (Lipinski definition) is 2. The van der Waals surface area contributed by atoms with E-state index in [1.54, 1.807) is 6.07 Å². The summed E-state index contributed by atoms with van der Waals surface area (Å²) in [4.78, 5) is 0. The maximum Gasteiger partial charge on any atom is 0.123 e. The molecular weight excluding hydrogens is 253 g/mol. The predicted molar refractivity (Wildman–Crippen MR) is 79.2 cm³/mol. The lowest BCUT2D eigenvalue weighted by atomic mass is 9.96. The van der Waals surface area contributed by atoms with Crippen LogP contribution in [0, 0.1) is 19.7 Å². The number of halogens is 1. The largest absolute Gasteiger partial charge is 0.310 e. The zero-order valence-electron chi connectivity index (χ0n) is 12.6. The first-order chi connectivity index (χ1) is 9.52. The van der Waals surface area contributed by atoms with Crippen molar-refractivity contribution in [3.63, 3.8) is 0 Å². The molecule has 0 amide bonds. The average Bonchev–Trinajstić information content (AvgIpc) is 2.74. The highest BCUT2D eigenvalue weighted by Crippen LogP contribution is 2.23. The maximum atomic E-state index is 13.4. The van der Waals surface area contributed by atoms with Gasteiger partial charge in [0.05, 0.1) is 6.20 Å². The van der Waals surface area contributed by atoms with Gasteiger partial charge >= 0.3 is 0 Å². The molecule has 0 bridgehead atoms. The summed E-state index contributed by atoms with van der Waals surface area (Å²) in [7, 11) is 1.94. The van der Waals surface area contributed by atoms with E-state index in [1.165, 1.54) is 11.6 Å². The van der Waals surface area contributed by atoms with Crippen molar-refractivity contribution in [2.75, 3.05) is 6.54 Å². The molecule has 0 aliphatic carbocycles. The second-order valence-corrected chi connectivity index (χ2v) is 5.19. The Morgan fingerprint density at radius 3 is 2.70 bits per heavy atom. The molecule has 20 heavy (non-hydrogen) atoms. The lowest BCUT2D eigenvalue weighted by molar-refractivity contribution is 0.542. The molecule has 2 aromatic rings. The molecule has 1 aromatic heterocycles. The van der Waals surface area contributed by atoms with E-state index < -0.39 is 0 Å². The van der Waals surface area contributed by atoms with Gasteiger partial charge in [0.1, 0.15) is 5.82 Å². The highest BCUT2D eigenvalue weighted by atomic mass is 19.1. The van der Waals surface area contributed by atoms with Crippen LogP contribution in [0.3, 0.4) is 0 Å². The summed E-state index contributed by atoms with van der Waals surface area (Å²) in [6.45, 7) is 7.03. The first-order valence-corrected chi connectivity index (χ1v) is 6.99. The van der Waals surface area contributed by atoms with Crippen molar-refractivity contribution in [1.29, 1.82) is 0 Å². The average molecular weight is 275 g/mol. The van der Waals surface area contributed by atoms with Gasteiger partial charge in [0, 0.05) is 24.3 Å². The van der Waals surface area contributed by atoms with Gasteiger partial charge in [0.2, 0.25) is 0 Å². The Kier molecular flexibility index (Phi) is 4.55. The normalized spacial score (nSPS) is 12.7. The Morgan fingerprint density at radius 1 is 1.35 bits per heavy atom. The summed E-state index contributed by atoms with van der Waals surface area (Å²) >= 11 is 0. The van der Waals surface area contributed by atoms with Crippen molar-refractivity contribution >= 4 is 0 Å². The zero-order chi connectivity index (χ0) is 14.7. The fourth-order valence-electron chi connectivity index (χ4n) is 2.48. The molecular formula is C16H22FN3. The highest BCUT2D eigenvalue weighted by molar-refractivity contribution is 5.30. The fraction of sp³-hybridized carbons (Fsp3) is 0.438. The van der Waals surface area contributed by atoms with Crippen molar-refractivity contribution in [2.24, 2.45) is 7.05 Å². The molecule has 2 rings (SSSR count). The summed E-state index contributed by atoms with van der Waals surface area (Å²) in [5, 5.41) is 7.78. The number of benzene rings is 1. The molecule has 1 N–H and O–H groups in total.